The molecule has 0 aliphatic rings. The molecule has 0 radical (unpaired) electrons. The Bertz CT molecular complexity index is 766. The smallest absolute Gasteiger partial charge is 0.317 e. The molecule has 6 heteroatoms. The molecular weight excluding hydrogens is 323 g/mol. The van der Waals surface area contributed by atoms with E-state index in [1.165, 1.54) is 17.0 Å². The molecule has 0 bridgehead atoms. The first-order chi connectivity index (χ1) is 11.8. The minimum absolute atomic E-state index is 0.0640. The molecule has 1 N–H and O–H groups in total. The van der Waals surface area contributed by atoms with Gasteiger partial charge in [-0.05, 0) is 51.1 Å². The fourth-order valence-corrected chi connectivity index (χ4v) is 2.94. The number of carbonyl (C=O) groups excluding carboxylic acids is 1. The number of Topliss-reactive ketones (excluding diaryl/α,β-unsaturated/α-hetero) is 1. The molecule has 0 unspecified atom stereocenters. The summed E-state index contributed by atoms with van der Waals surface area (Å²) in [7, 11) is 1.61. The first kappa shape index (κ1) is 18.9. The third-order valence-corrected chi connectivity index (χ3v) is 4.23. The summed E-state index contributed by atoms with van der Waals surface area (Å²) >= 11 is 0. The van der Waals surface area contributed by atoms with Crippen LogP contribution in [0.3, 0.4) is 0 Å². The number of aryl methyl sites for hydroxylation is 2. The van der Waals surface area contributed by atoms with E-state index in [1.807, 2.05) is 19.9 Å². The van der Waals surface area contributed by atoms with Gasteiger partial charge in [0.25, 0.3) is 0 Å². The van der Waals surface area contributed by atoms with E-state index in [4.69, 9.17) is 5.11 Å². The number of halogens is 1. The molecule has 0 saturated heterocycles. The van der Waals surface area contributed by atoms with Crippen LogP contribution in [0.15, 0.2) is 30.3 Å². The van der Waals surface area contributed by atoms with E-state index in [1.54, 1.807) is 19.2 Å². The van der Waals surface area contributed by atoms with E-state index < -0.39 is 5.97 Å². The number of hydrogen-bond acceptors (Lipinski definition) is 3. The van der Waals surface area contributed by atoms with Gasteiger partial charge in [-0.1, -0.05) is 12.1 Å². The maximum Gasteiger partial charge on any atom is 0.317 e. The number of hydrogen-bond donors (Lipinski definition) is 1. The van der Waals surface area contributed by atoms with Gasteiger partial charge in [-0.25, -0.2) is 4.39 Å². The largest absolute Gasteiger partial charge is 0.480 e. The second-order valence-electron chi connectivity index (χ2n) is 6.30. The van der Waals surface area contributed by atoms with Crippen LogP contribution in [0.4, 0.5) is 4.39 Å². The number of nitrogens with zero attached hydrogens (tertiary/aromatic N) is 2. The van der Waals surface area contributed by atoms with Crippen LogP contribution in [-0.4, -0.2) is 46.5 Å². The predicted molar refractivity (Wildman–Crippen MR) is 93.5 cm³/mol. The summed E-state index contributed by atoms with van der Waals surface area (Å²) in [5.74, 6) is -1.31. The van der Waals surface area contributed by atoms with Gasteiger partial charge >= 0.3 is 5.97 Å². The minimum Gasteiger partial charge on any atom is -0.480 e. The van der Waals surface area contributed by atoms with Crippen LogP contribution >= 0.6 is 0 Å². The van der Waals surface area contributed by atoms with Gasteiger partial charge < -0.3 is 9.67 Å². The van der Waals surface area contributed by atoms with Gasteiger partial charge in [-0.2, -0.15) is 0 Å². The van der Waals surface area contributed by atoms with Crippen molar-refractivity contribution in [2.24, 2.45) is 0 Å². The number of rotatable bonds is 8. The Labute approximate surface area is 146 Å². The lowest BCUT2D eigenvalue weighted by Gasteiger charge is -2.13. The van der Waals surface area contributed by atoms with Crippen molar-refractivity contribution in [3.63, 3.8) is 0 Å². The Morgan fingerprint density at radius 3 is 2.40 bits per heavy atom. The summed E-state index contributed by atoms with van der Waals surface area (Å²) in [4.78, 5) is 24.6. The SMILES string of the molecule is Cc1cc(C(=O)CN(C)CC(=O)O)c(C)n1CCc1ccc(F)cc1. The molecule has 0 aliphatic heterocycles. The van der Waals surface area contributed by atoms with Gasteiger partial charge in [0, 0.05) is 23.5 Å². The molecular formula is C19H23FN2O3. The molecule has 25 heavy (non-hydrogen) atoms. The number of aromatic nitrogens is 1. The van der Waals surface area contributed by atoms with Crippen LogP contribution < -0.4 is 0 Å². The highest BCUT2D eigenvalue weighted by Crippen LogP contribution is 2.17. The van der Waals surface area contributed by atoms with Crippen molar-refractivity contribution in [2.75, 3.05) is 20.1 Å². The van der Waals surface area contributed by atoms with Crippen LogP contribution in [0.1, 0.15) is 27.3 Å². The lowest BCUT2D eigenvalue weighted by molar-refractivity contribution is -0.137. The number of carboxylic acid groups (broad SMARTS) is 1. The zero-order valence-electron chi connectivity index (χ0n) is 14.8. The molecule has 5 nitrogen and oxygen atoms in total. The molecule has 2 aromatic rings. The van der Waals surface area contributed by atoms with E-state index in [9.17, 15) is 14.0 Å². The van der Waals surface area contributed by atoms with Crippen molar-refractivity contribution in [2.45, 2.75) is 26.8 Å². The van der Waals surface area contributed by atoms with Crippen LogP contribution in [-0.2, 0) is 17.8 Å². The first-order valence-electron chi connectivity index (χ1n) is 8.12. The lowest BCUT2D eigenvalue weighted by atomic mass is 10.1. The van der Waals surface area contributed by atoms with Gasteiger partial charge in [-0.15, -0.1) is 0 Å². The Morgan fingerprint density at radius 2 is 1.80 bits per heavy atom. The van der Waals surface area contributed by atoms with Crippen molar-refractivity contribution >= 4 is 11.8 Å². The topological polar surface area (TPSA) is 62.5 Å². The Morgan fingerprint density at radius 1 is 1.16 bits per heavy atom. The van der Waals surface area contributed by atoms with E-state index in [2.05, 4.69) is 4.57 Å². The molecule has 0 saturated carbocycles. The molecule has 1 aromatic heterocycles. The zero-order chi connectivity index (χ0) is 18.6. The maximum absolute atomic E-state index is 13.0. The van der Waals surface area contributed by atoms with Crippen LogP contribution in [0.2, 0.25) is 0 Å². The minimum atomic E-state index is -0.958. The number of carboxylic acids is 1. The molecule has 0 fully saturated rings. The average molecular weight is 346 g/mol. The van der Waals surface area contributed by atoms with Crippen molar-refractivity contribution < 1.29 is 19.1 Å². The van der Waals surface area contributed by atoms with Gasteiger partial charge in [0.15, 0.2) is 5.78 Å². The summed E-state index contributed by atoms with van der Waals surface area (Å²) in [6.45, 7) is 4.42. The van der Waals surface area contributed by atoms with Crippen molar-refractivity contribution in [1.29, 1.82) is 0 Å². The van der Waals surface area contributed by atoms with Gasteiger partial charge in [0.1, 0.15) is 5.82 Å². The van der Waals surface area contributed by atoms with E-state index >= 15 is 0 Å². The molecule has 134 valence electrons. The third-order valence-electron chi connectivity index (χ3n) is 4.23. The van der Waals surface area contributed by atoms with Crippen molar-refractivity contribution in [3.05, 3.63) is 58.7 Å². The maximum atomic E-state index is 13.0. The Balaban J connectivity index is 2.07. The second kappa shape index (κ2) is 8.07. The van der Waals surface area contributed by atoms with E-state index in [-0.39, 0.29) is 24.7 Å². The van der Waals surface area contributed by atoms with E-state index in [0.717, 1.165) is 23.4 Å². The molecule has 1 heterocycles. The predicted octanol–water partition coefficient (Wildman–Crippen LogP) is 2.69. The summed E-state index contributed by atoms with van der Waals surface area (Å²) in [5, 5.41) is 8.78. The Kier molecular flexibility index (Phi) is 6.09. The zero-order valence-corrected chi connectivity index (χ0v) is 14.8. The molecule has 2 rings (SSSR count). The van der Waals surface area contributed by atoms with Crippen molar-refractivity contribution in [3.8, 4) is 0 Å². The summed E-state index contributed by atoms with van der Waals surface area (Å²) in [6.07, 6.45) is 0.739. The molecule has 0 spiro atoms. The van der Waals surface area contributed by atoms with Gasteiger partial charge in [0.2, 0.25) is 0 Å². The van der Waals surface area contributed by atoms with Crippen LogP contribution in [0, 0.1) is 19.7 Å². The number of ketones is 1. The third kappa shape index (κ3) is 5.00. The summed E-state index contributed by atoms with van der Waals surface area (Å²) in [6, 6.07) is 8.25. The summed E-state index contributed by atoms with van der Waals surface area (Å²) < 4.78 is 15.0. The van der Waals surface area contributed by atoms with Gasteiger partial charge in [-0.3, -0.25) is 14.5 Å². The monoisotopic (exact) mass is 346 g/mol. The highest BCUT2D eigenvalue weighted by molar-refractivity contribution is 5.99. The lowest BCUT2D eigenvalue weighted by Crippen LogP contribution is -2.31. The number of aliphatic carboxylic acids is 1. The van der Waals surface area contributed by atoms with Crippen LogP contribution in [0.5, 0.6) is 0 Å². The normalized spacial score (nSPS) is 11.1. The quantitative estimate of drug-likeness (QED) is 0.747. The van der Waals surface area contributed by atoms with Gasteiger partial charge in [0.05, 0.1) is 13.1 Å². The number of benzene rings is 1. The highest BCUT2D eigenvalue weighted by atomic mass is 19.1. The fourth-order valence-electron chi connectivity index (χ4n) is 2.94. The Hall–Kier alpha value is -2.47. The average Bonchev–Trinajstić information content (AvgIpc) is 2.81. The second-order valence-corrected chi connectivity index (χ2v) is 6.30. The molecule has 0 aliphatic carbocycles. The van der Waals surface area contributed by atoms with Crippen LogP contribution in [0.25, 0.3) is 0 Å². The first-order valence-corrected chi connectivity index (χ1v) is 8.12. The summed E-state index contributed by atoms with van der Waals surface area (Å²) in [5.41, 5.74) is 3.49. The standard InChI is InChI=1S/C19H23FN2O3/c1-13-10-17(18(23)11-21(3)12-19(24)25)14(2)22(13)9-8-15-4-6-16(20)7-5-15/h4-7,10H,8-9,11-12H2,1-3H3,(H,24,25). The van der Waals surface area contributed by atoms with Crippen molar-refractivity contribution in [1.82, 2.24) is 9.47 Å². The number of likely N-dealkylation sites (N-methyl/N-ethyl adjacent to an activating group) is 1. The van der Waals surface area contributed by atoms with E-state index in [0.29, 0.717) is 12.1 Å². The fraction of sp³-hybridized carbons (Fsp3) is 0.368. The molecule has 0 atom stereocenters. The highest BCUT2D eigenvalue weighted by Gasteiger charge is 2.18. The molecule has 0 amide bonds. The molecule has 1 aromatic carbocycles. The number of carbonyl (C=O) groups is 2.